The van der Waals surface area contributed by atoms with Crippen LogP contribution in [0.4, 0.5) is 0 Å². The molecule has 0 bridgehead atoms. The van der Waals surface area contributed by atoms with E-state index in [2.05, 4.69) is 0 Å². The zero-order chi connectivity index (χ0) is 12.8. The number of ether oxygens (including phenoxy) is 1. The molecule has 0 spiro atoms. The highest BCUT2D eigenvalue weighted by Gasteiger charge is 2.27. The van der Waals surface area contributed by atoms with E-state index in [1.165, 1.54) is 31.4 Å². The maximum Gasteiger partial charge on any atom is 0.257 e. The Kier molecular flexibility index (Phi) is 4.66. The third kappa shape index (κ3) is 3.29. The number of nitrogens with zero attached hydrogens (tertiary/aromatic N) is 1. The van der Waals surface area contributed by atoms with Gasteiger partial charge < -0.3 is 9.84 Å². The molecular weight excluding hydrogens is 222 g/mol. The third-order valence-electron chi connectivity index (χ3n) is 2.29. The Morgan fingerprint density at radius 3 is 2.82 bits per heavy atom. The van der Waals surface area contributed by atoms with Crippen LogP contribution >= 0.6 is 0 Å². The first-order chi connectivity index (χ1) is 8.10. The predicted octanol–water partition coefficient (Wildman–Crippen LogP) is 0.379. The lowest BCUT2D eigenvalue weighted by Crippen LogP contribution is -2.36. The van der Waals surface area contributed by atoms with Gasteiger partial charge in [0.05, 0.1) is 19.8 Å². The molecule has 1 N–H and O–H groups in total. The molecule has 1 rings (SSSR count). The van der Waals surface area contributed by atoms with Crippen LogP contribution in [0.15, 0.2) is 36.1 Å². The van der Waals surface area contributed by atoms with Crippen LogP contribution in [0.25, 0.3) is 0 Å². The number of carbonyl (C=O) groups is 2. The molecule has 0 aromatic rings. The quantitative estimate of drug-likeness (QED) is 0.436. The number of imide groups is 1. The molecule has 0 aromatic heterocycles. The number of carbonyl (C=O) groups excluding carboxylic acids is 2. The normalized spacial score (nSPS) is 20.4. The van der Waals surface area contributed by atoms with Gasteiger partial charge in [-0.3, -0.25) is 14.5 Å². The van der Waals surface area contributed by atoms with Crippen LogP contribution in [0.1, 0.15) is 6.92 Å². The molecule has 5 nitrogen and oxygen atoms in total. The maximum absolute atomic E-state index is 11.8. The first kappa shape index (κ1) is 13.2. The van der Waals surface area contributed by atoms with Crippen molar-refractivity contribution in [2.24, 2.45) is 0 Å². The minimum atomic E-state index is -0.438. The molecule has 0 fully saturated rings. The Morgan fingerprint density at radius 1 is 1.65 bits per heavy atom. The van der Waals surface area contributed by atoms with Crippen molar-refractivity contribution in [1.82, 2.24) is 4.90 Å². The molecule has 0 saturated carbocycles. The van der Waals surface area contributed by atoms with Gasteiger partial charge >= 0.3 is 0 Å². The van der Waals surface area contributed by atoms with Crippen molar-refractivity contribution in [3.63, 3.8) is 0 Å². The highest BCUT2D eigenvalue weighted by Crippen LogP contribution is 2.12. The third-order valence-corrected chi connectivity index (χ3v) is 2.29. The first-order valence-electron chi connectivity index (χ1n) is 5.18. The van der Waals surface area contributed by atoms with Gasteiger partial charge in [0.1, 0.15) is 5.76 Å². The minimum absolute atomic E-state index is 0.143. The standard InChI is InChI=1S/C12H15NO4/c1-9-5-6-11(15)13(9)12(16)8-10(17-2)4-3-7-14/h3-6,8-9,14H,7H2,1-2H3/b4-3+,10-8?/t9-/m0/s1. The second kappa shape index (κ2) is 6.00. The van der Waals surface area contributed by atoms with Crippen LogP contribution in [-0.2, 0) is 14.3 Å². The maximum atomic E-state index is 11.8. The van der Waals surface area contributed by atoms with E-state index in [1.54, 1.807) is 13.0 Å². The van der Waals surface area contributed by atoms with Crippen LogP contribution in [0.3, 0.4) is 0 Å². The fraction of sp³-hybridized carbons (Fsp3) is 0.333. The Bertz CT molecular complexity index is 395. The molecule has 0 aromatic carbocycles. The van der Waals surface area contributed by atoms with Crippen LogP contribution in [0.2, 0.25) is 0 Å². The summed E-state index contributed by atoms with van der Waals surface area (Å²) in [5, 5.41) is 8.61. The van der Waals surface area contributed by atoms with Crippen molar-refractivity contribution in [3.05, 3.63) is 36.1 Å². The molecule has 92 valence electrons. The Labute approximate surface area is 99.7 Å². The van der Waals surface area contributed by atoms with E-state index in [0.29, 0.717) is 0 Å². The second-order valence-electron chi connectivity index (χ2n) is 3.48. The topological polar surface area (TPSA) is 66.8 Å². The van der Waals surface area contributed by atoms with E-state index < -0.39 is 5.91 Å². The number of allylic oxidation sites excluding steroid dienone is 1. The zero-order valence-corrected chi connectivity index (χ0v) is 9.79. The molecule has 1 aliphatic rings. The molecular formula is C12H15NO4. The summed E-state index contributed by atoms with van der Waals surface area (Å²) in [6.45, 7) is 1.61. The molecule has 5 heteroatoms. The number of aliphatic hydroxyl groups is 1. The van der Waals surface area contributed by atoms with Gasteiger partial charge in [0.2, 0.25) is 0 Å². The van der Waals surface area contributed by atoms with Gasteiger partial charge in [0.15, 0.2) is 0 Å². The number of rotatable bonds is 4. The summed E-state index contributed by atoms with van der Waals surface area (Å²) in [5.41, 5.74) is 0. The first-order valence-corrected chi connectivity index (χ1v) is 5.18. The lowest BCUT2D eigenvalue weighted by atomic mass is 10.3. The van der Waals surface area contributed by atoms with Gasteiger partial charge in [0.25, 0.3) is 11.8 Å². The summed E-state index contributed by atoms with van der Waals surface area (Å²) in [7, 11) is 1.41. The summed E-state index contributed by atoms with van der Waals surface area (Å²) in [5.74, 6) is -0.483. The van der Waals surface area contributed by atoms with E-state index in [-0.39, 0.29) is 24.3 Å². The average molecular weight is 237 g/mol. The van der Waals surface area contributed by atoms with Crippen LogP contribution in [0, 0.1) is 0 Å². The monoisotopic (exact) mass is 237 g/mol. The van der Waals surface area contributed by atoms with Crippen molar-refractivity contribution in [2.75, 3.05) is 13.7 Å². The van der Waals surface area contributed by atoms with Crippen molar-refractivity contribution < 1.29 is 19.4 Å². The van der Waals surface area contributed by atoms with Gasteiger partial charge in [-0.2, -0.15) is 0 Å². The molecule has 1 aliphatic heterocycles. The summed E-state index contributed by atoms with van der Waals surface area (Å²) in [4.78, 5) is 24.3. The number of hydrogen-bond donors (Lipinski definition) is 1. The second-order valence-corrected chi connectivity index (χ2v) is 3.48. The average Bonchev–Trinajstić information content (AvgIpc) is 2.64. The van der Waals surface area contributed by atoms with Gasteiger partial charge in [0, 0.05) is 12.2 Å². The Morgan fingerprint density at radius 2 is 2.35 bits per heavy atom. The van der Waals surface area contributed by atoms with E-state index in [4.69, 9.17) is 9.84 Å². The van der Waals surface area contributed by atoms with Gasteiger partial charge in [-0.1, -0.05) is 12.2 Å². The minimum Gasteiger partial charge on any atom is -0.497 e. The van der Waals surface area contributed by atoms with Crippen LogP contribution in [-0.4, -0.2) is 41.6 Å². The summed E-state index contributed by atoms with van der Waals surface area (Å²) >= 11 is 0. The highest BCUT2D eigenvalue weighted by atomic mass is 16.5. The molecule has 0 aliphatic carbocycles. The van der Waals surface area contributed by atoms with E-state index >= 15 is 0 Å². The molecule has 0 unspecified atom stereocenters. The van der Waals surface area contributed by atoms with Gasteiger partial charge in [-0.05, 0) is 13.0 Å². The molecule has 17 heavy (non-hydrogen) atoms. The lowest BCUT2D eigenvalue weighted by molar-refractivity contribution is -0.138. The van der Waals surface area contributed by atoms with Crippen molar-refractivity contribution in [2.45, 2.75) is 13.0 Å². The number of methoxy groups -OCH3 is 1. The SMILES string of the molecule is COC(=CC(=O)N1C(=O)C=C[C@@H]1C)/C=C/CO. The van der Waals surface area contributed by atoms with Gasteiger partial charge in [-0.25, -0.2) is 0 Å². The lowest BCUT2D eigenvalue weighted by Gasteiger charge is -2.17. The van der Waals surface area contributed by atoms with Crippen molar-refractivity contribution in [1.29, 1.82) is 0 Å². The van der Waals surface area contributed by atoms with Crippen LogP contribution < -0.4 is 0 Å². The molecule has 0 saturated heterocycles. The highest BCUT2D eigenvalue weighted by molar-refractivity contribution is 6.07. The Hall–Kier alpha value is -1.88. The molecule has 2 amide bonds. The smallest absolute Gasteiger partial charge is 0.257 e. The number of aliphatic hydroxyl groups excluding tert-OH is 1. The van der Waals surface area contributed by atoms with Crippen LogP contribution in [0.5, 0.6) is 0 Å². The van der Waals surface area contributed by atoms with E-state index in [9.17, 15) is 9.59 Å². The predicted molar refractivity (Wildman–Crippen MR) is 61.8 cm³/mol. The van der Waals surface area contributed by atoms with E-state index in [0.717, 1.165) is 4.90 Å². The van der Waals surface area contributed by atoms with Crippen molar-refractivity contribution in [3.8, 4) is 0 Å². The zero-order valence-electron chi connectivity index (χ0n) is 9.79. The fourth-order valence-corrected chi connectivity index (χ4v) is 1.43. The van der Waals surface area contributed by atoms with E-state index in [1.807, 2.05) is 0 Å². The number of amides is 2. The summed E-state index contributed by atoms with van der Waals surface area (Å²) in [6.07, 6.45) is 7.15. The van der Waals surface area contributed by atoms with Gasteiger partial charge in [-0.15, -0.1) is 0 Å². The molecule has 1 heterocycles. The fourth-order valence-electron chi connectivity index (χ4n) is 1.43. The van der Waals surface area contributed by atoms with Crippen molar-refractivity contribution >= 4 is 11.8 Å². The largest absolute Gasteiger partial charge is 0.497 e. The molecule has 1 atom stereocenters. The summed E-state index contributed by atoms with van der Waals surface area (Å²) in [6, 6.07) is -0.244. The number of hydrogen-bond acceptors (Lipinski definition) is 4. The summed E-state index contributed by atoms with van der Waals surface area (Å²) < 4.78 is 4.94. The Balaban J connectivity index is 2.79. The molecule has 0 radical (unpaired) electrons.